The number of hydrogen-bond acceptors (Lipinski definition) is 9. The molecule has 1 aromatic carbocycles. The van der Waals surface area contributed by atoms with Crippen LogP contribution in [0.5, 0.6) is 5.75 Å². The van der Waals surface area contributed by atoms with Crippen molar-refractivity contribution in [1.82, 2.24) is 16.0 Å². The van der Waals surface area contributed by atoms with Crippen LogP contribution in [0, 0.1) is 0 Å². The van der Waals surface area contributed by atoms with Crippen molar-refractivity contribution in [3.8, 4) is 5.75 Å². The summed E-state index contributed by atoms with van der Waals surface area (Å²) >= 11 is 1.44. The maximum atomic E-state index is 13.1. The Balaban J connectivity index is 2.89. The van der Waals surface area contributed by atoms with Gasteiger partial charge in [0.2, 0.25) is 17.7 Å². The molecule has 0 saturated carbocycles. The number of aliphatic carboxylic acids is 1. The molecule has 0 aliphatic rings. The number of carbonyl (C=O) groups is 4. The van der Waals surface area contributed by atoms with Crippen LogP contribution in [-0.4, -0.2) is 93.8 Å². The summed E-state index contributed by atoms with van der Waals surface area (Å²) in [6.07, 6.45) is 1.25. The van der Waals surface area contributed by atoms with E-state index in [0.29, 0.717) is 17.7 Å². The van der Waals surface area contributed by atoms with Gasteiger partial charge in [0, 0.05) is 13.0 Å². The molecule has 3 amide bonds. The largest absolute Gasteiger partial charge is 0.508 e. The quantitative estimate of drug-likeness (QED) is 0.0562. The first kappa shape index (κ1) is 33.5. The number of thioether (sulfide) groups is 1. The second-order valence-electron chi connectivity index (χ2n) is 8.89. The average Bonchev–Trinajstić information content (AvgIpc) is 2.87. The van der Waals surface area contributed by atoms with Gasteiger partial charge in [-0.25, -0.2) is 4.79 Å². The second-order valence-corrected chi connectivity index (χ2v) is 9.88. The summed E-state index contributed by atoms with van der Waals surface area (Å²) < 4.78 is 0. The van der Waals surface area contributed by atoms with Crippen LogP contribution in [-0.2, 0) is 25.6 Å². The van der Waals surface area contributed by atoms with Crippen LogP contribution in [0.15, 0.2) is 29.3 Å². The lowest BCUT2D eigenvalue weighted by Crippen LogP contribution is -2.60. The minimum absolute atomic E-state index is 0.00144. The number of benzene rings is 1. The van der Waals surface area contributed by atoms with Crippen LogP contribution in [0.4, 0.5) is 0 Å². The molecule has 0 heterocycles. The fourth-order valence-corrected chi connectivity index (χ4v) is 3.89. The Morgan fingerprint density at radius 3 is 2.13 bits per heavy atom. The molecule has 12 N–H and O–H groups in total. The molecule has 0 radical (unpaired) electrons. The highest BCUT2D eigenvalue weighted by atomic mass is 32.2. The van der Waals surface area contributed by atoms with E-state index in [1.807, 2.05) is 6.26 Å². The highest BCUT2D eigenvalue weighted by Crippen LogP contribution is 2.12. The van der Waals surface area contributed by atoms with Gasteiger partial charge in [0.25, 0.3) is 0 Å². The fourth-order valence-electron chi connectivity index (χ4n) is 3.42. The molecule has 5 atom stereocenters. The van der Waals surface area contributed by atoms with Gasteiger partial charge in [-0.3, -0.25) is 19.4 Å². The van der Waals surface area contributed by atoms with Gasteiger partial charge in [0.05, 0.1) is 12.1 Å². The number of phenols is 1. The highest BCUT2D eigenvalue weighted by molar-refractivity contribution is 7.98. The minimum Gasteiger partial charge on any atom is -0.508 e. The summed E-state index contributed by atoms with van der Waals surface area (Å²) in [5.41, 5.74) is 17.0. The number of amides is 3. The molecule has 0 aromatic heterocycles. The van der Waals surface area contributed by atoms with E-state index in [1.165, 1.54) is 43.0 Å². The number of carbonyl (C=O) groups excluding carboxylic acids is 3. The first-order valence-electron chi connectivity index (χ1n) is 12.3. The second kappa shape index (κ2) is 17.1. The molecule has 15 heteroatoms. The van der Waals surface area contributed by atoms with Gasteiger partial charge in [0.15, 0.2) is 5.96 Å². The van der Waals surface area contributed by atoms with E-state index in [-0.39, 0.29) is 37.5 Å². The van der Waals surface area contributed by atoms with Crippen molar-refractivity contribution < 1.29 is 34.5 Å². The van der Waals surface area contributed by atoms with Gasteiger partial charge >= 0.3 is 5.97 Å². The monoisotopic (exact) mass is 569 g/mol. The lowest BCUT2D eigenvalue weighted by Gasteiger charge is -2.26. The van der Waals surface area contributed by atoms with E-state index in [9.17, 15) is 34.5 Å². The number of carboxylic acid groups (broad SMARTS) is 1. The molecular weight excluding hydrogens is 530 g/mol. The number of rotatable bonds is 17. The Labute approximate surface area is 231 Å². The summed E-state index contributed by atoms with van der Waals surface area (Å²) in [4.78, 5) is 54.1. The van der Waals surface area contributed by atoms with E-state index in [4.69, 9.17) is 17.2 Å². The van der Waals surface area contributed by atoms with Crippen LogP contribution in [0.25, 0.3) is 0 Å². The van der Waals surface area contributed by atoms with Gasteiger partial charge in [-0.1, -0.05) is 12.1 Å². The smallest absolute Gasteiger partial charge is 0.326 e. The highest BCUT2D eigenvalue weighted by Gasteiger charge is 2.32. The molecule has 39 heavy (non-hydrogen) atoms. The number of hydrogen-bond donors (Lipinski definition) is 9. The van der Waals surface area contributed by atoms with E-state index >= 15 is 0 Å². The van der Waals surface area contributed by atoms with Crippen LogP contribution in [0.2, 0.25) is 0 Å². The van der Waals surface area contributed by atoms with Crippen molar-refractivity contribution in [1.29, 1.82) is 0 Å². The summed E-state index contributed by atoms with van der Waals surface area (Å²) in [6.45, 7) is 1.55. The number of aliphatic hydroxyl groups excluding tert-OH is 1. The van der Waals surface area contributed by atoms with Crippen LogP contribution >= 0.6 is 11.8 Å². The van der Waals surface area contributed by atoms with Crippen molar-refractivity contribution in [3.63, 3.8) is 0 Å². The molecule has 218 valence electrons. The third-order valence-electron chi connectivity index (χ3n) is 5.60. The maximum Gasteiger partial charge on any atom is 0.326 e. The Hall–Kier alpha value is -3.56. The third-order valence-corrected chi connectivity index (χ3v) is 6.25. The Morgan fingerprint density at radius 2 is 1.59 bits per heavy atom. The molecule has 14 nitrogen and oxygen atoms in total. The third kappa shape index (κ3) is 12.7. The van der Waals surface area contributed by atoms with Crippen molar-refractivity contribution in [2.24, 2.45) is 22.2 Å². The van der Waals surface area contributed by atoms with Gasteiger partial charge in [-0.05, 0) is 55.9 Å². The van der Waals surface area contributed by atoms with Crippen LogP contribution in [0.3, 0.4) is 0 Å². The molecule has 0 aliphatic heterocycles. The zero-order chi connectivity index (χ0) is 29.5. The number of nitrogens with zero attached hydrogens (tertiary/aromatic N) is 1. The molecule has 5 unspecified atom stereocenters. The molecule has 0 saturated heterocycles. The van der Waals surface area contributed by atoms with Gasteiger partial charge in [-0.15, -0.1) is 0 Å². The molecule has 0 spiro atoms. The first-order valence-corrected chi connectivity index (χ1v) is 13.6. The summed E-state index contributed by atoms with van der Waals surface area (Å²) in [5, 5.41) is 36.5. The summed E-state index contributed by atoms with van der Waals surface area (Å²) in [6, 6.07) is 0.921. The normalized spacial score (nSPS) is 14.7. The Morgan fingerprint density at radius 1 is 0.974 bits per heavy atom. The molecule has 1 aromatic rings. The summed E-state index contributed by atoms with van der Waals surface area (Å²) in [7, 11) is 0. The Bertz CT molecular complexity index is 988. The number of guanidine groups is 1. The van der Waals surface area contributed by atoms with Crippen LogP contribution in [0.1, 0.15) is 31.7 Å². The summed E-state index contributed by atoms with van der Waals surface area (Å²) in [5.74, 6) is -3.15. The lowest BCUT2D eigenvalue weighted by molar-refractivity contribution is -0.143. The zero-order valence-corrected chi connectivity index (χ0v) is 22.8. The van der Waals surface area contributed by atoms with E-state index in [0.717, 1.165) is 0 Å². The van der Waals surface area contributed by atoms with Gasteiger partial charge in [0.1, 0.15) is 23.9 Å². The number of aromatic hydroxyl groups is 1. The van der Waals surface area contributed by atoms with E-state index in [1.54, 1.807) is 0 Å². The predicted octanol–water partition coefficient (Wildman–Crippen LogP) is -2.01. The number of aliphatic hydroxyl groups is 1. The van der Waals surface area contributed by atoms with Gasteiger partial charge < -0.3 is 48.5 Å². The van der Waals surface area contributed by atoms with Crippen molar-refractivity contribution in [3.05, 3.63) is 29.8 Å². The van der Waals surface area contributed by atoms with E-state index in [2.05, 4.69) is 20.9 Å². The number of carboxylic acids is 1. The van der Waals surface area contributed by atoms with E-state index < -0.39 is 54.0 Å². The lowest BCUT2D eigenvalue weighted by atomic mass is 10.0. The predicted molar refractivity (Wildman–Crippen MR) is 148 cm³/mol. The number of phenolic OH excluding ortho intramolecular Hbond substituents is 1. The topological polar surface area (TPSA) is 255 Å². The SMILES string of the molecule is CSCCC(NC(=O)C(N)CCCN=C(N)N)C(=O)NC(C(=O)NC(Cc1ccc(O)cc1)C(=O)O)C(C)O. The average molecular weight is 570 g/mol. The first-order chi connectivity index (χ1) is 18.3. The fraction of sp³-hybridized carbons (Fsp3) is 0.542. The molecule has 0 bridgehead atoms. The maximum absolute atomic E-state index is 13.1. The standard InChI is InChI=1S/C24H39N7O7S/c1-13(32)19(22(36)30-18(23(37)38)12-14-5-7-15(33)8-6-14)31-21(35)17(9-11-39-2)29-20(34)16(25)4-3-10-28-24(26)27/h5-8,13,16-19,32-33H,3-4,9-12,25H2,1-2H3,(H,29,34)(H,30,36)(H,31,35)(H,37,38)(H4,26,27,28). The minimum atomic E-state index is -1.50. The Kier molecular flexibility index (Phi) is 14.7. The van der Waals surface area contributed by atoms with Crippen molar-refractivity contribution >= 4 is 41.4 Å². The number of aliphatic imine (C=N–C) groups is 1. The number of nitrogens with two attached hydrogens (primary N) is 3. The van der Waals surface area contributed by atoms with Crippen molar-refractivity contribution in [2.75, 3.05) is 18.6 Å². The zero-order valence-electron chi connectivity index (χ0n) is 22.0. The molecule has 0 fully saturated rings. The number of nitrogens with one attached hydrogen (secondary N) is 3. The molecule has 1 rings (SSSR count). The van der Waals surface area contributed by atoms with Crippen LogP contribution < -0.4 is 33.2 Å². The molecule has 0 aliphatic carbocycles. The molecular formula is C24H39N7O7S. The van der Waals surface area contributed by atoms with Gasteiger partial charge in [-0.2, -0.15) is 11.8 Å². The van der Waals surface area contributed by atoms with Crippen molar-refractivity contribution in [2.45, 2.75) is 62.9 Å².